The number of imide groups is 1. The minimum Gasteiger partial charge on any atom is -0.507 e. The molecule has 0 unspecified atom stereocenters. The number of carbonyl (C=O) groups excluding carboxylic acids is 4. The van der Waals surface area contributed by atoms with E-state index >= 15 is 0 Å². The van der Waals surface area contributed by atoms with E-state index in [2.05, 4.69) is 12.7 Å². The molecule has 3 fully saturated rings. The van der Waals surface area contributed by atoms with E-state index in [1.54, 1.807) is 17.9 Å². The summed E-state index contributed by atoms with van der Waals surface area (Å²) in [4.78, 5) is 56.7. The normalized spacial score (nSPS) is 34.7. The lowest BCUT2D eigenvalue weighted by Gasteiger charge is -2.53. The Morgan fingerprint density at radius 3 is 2.54 bits per heavy atom. The summed E-state index contributed by atoms with van der Waals surface area (Å²) < 4.78 is 0. The van der Waals surface area contributed by atoms with Crippen molar-refractivity contribution in [3.8, 4) is 5.75 Å². The average molecular weight is 528 g/mol. The lowest BCUT2D eigenvalue weighted by molar-refractivity contribution is -0.144. The van der Waals surface area contributed by atoms with Crippen LogP contribution in [0.15, 0.2) is 54.2 Å². The number of rotatable bonds is 4. The van der Waals surface area contributed by atoms with E-state index in [9.17, 15) is 24.3 Å². The van der Waals surface area contributed by atoms with E-state index in [4.69, 9.17) is 0 Å². The number of hydrogen-bond acceptors (Lipinski definition) is 5. The fourth-order valence-corrected chi connectivity index (χ4v) is 8.63. The molecule has 2 amide bonds. The van der Waals surface area contributed by atoms with Crippen LogP contribution in [0.4, 0.5) is 0 Å². The molecule has 1 N–H and O–H groups in total. The molecule has 204 valence electrons. The first-order chi connectivity index (χ1) is 18.7. The first kappa shape index (κ1) is 26.0. The maximum absolute atomic E-state index is 14.0. The topological polar surface area (TPSA) is 91.8 Å². The number of carbonyl (C=O) groups is 4. The second kappa shape index (κ2) is 9.42. The molecule has 1 aromatic carbocycles. The number of likely N-dealkylation sites (tertiary alicyclic amines) is 1. The first-order valence-corrected chi connectivity index (χ1v) is 14.5. The van der Waals surface area contributed by atoms with Crippen molar-refractivity contribution in [1.82, 2.24) is 4.90 Å². The summed E-state index contributed by atoms with van der Waals surface area (Å²) in [5, 5.41) is 11.5. The largest absolute Gasteiger partial charge is 0.507 e. The van der Waals surface area contributed by atoms with Crippen molar-refractivity contribution in [2.75, 3.05) is 0 Å². The van der Waals surface area contributed by atoms with Crippen LogP contribution < -0.4 is 0 Å². The third-order valence-corrected chi connectivity index (χ3v) is 10.4. The van der Waals surface area contributed by atoms with E-state index in [-0.39, 0.29) is 41.1 Å². The number of fused-ring (bicyclic) bond motifs is 4. The van der Waals surface area contributed by atoms with Crippen molar-refractivity contribution in [3.05, 3.63) is 65.3 Å². The van der Waals surface area contributed by atoms with Crippen LogP contribution in [0.25, 0.3) is 0 Å². The second-order valence-corrected chi connectivity index (χ2v) is 12.4. The van der Waals surface area contributed by atoms with E-state index in [1.165, 1.54) is 6.08 Å². The molecular weight excluding hydrogens is 490 g/mol. The summed E-state index contributed by atoms with van der Waals surface area (Å²) in [7, 11) is 0. The predicted molar refractivity (Wildman–Crippen MR) is 147 cm³/mol. The number of para-hydroxylation sites is 1. The van der Waals surface area contributed by atoms with Gasteiger partial charge in [0, 0.05) is 23.4 Å². The summed E-state index contributed by atoms with van der Waals surface area (Å²) in [5.41, 5.74) is 1.56. The summed E-state index contributed by atoms with van der Waals surface area (Å²) in [6, 6.07) is 5.51. The van der Waals surface area contributed by atoms with Crippen LogP contribution in [0.1, 0.15) is 75.8 Å². The van der Waals surface area contributed by atoms with Crippen molar-refractivity contribution >= 4 is 23.4 Å². The van der Waals surface area contributed by atoms with Crippen molar-refractivity contribution in [1.29, 1.82) is 0 Å². The molecule has 1 aromatic rings. The van der Waals surface area contributed by atoms with Gasteiger partial charge in [0.2, 0.25) is 11.8 Å². The van der Waals surface area contributed by atoms with Gasteiger partial charge in [0.05, 0.1) is 17.3 Å². The molecule has 6 nitrogen and oxygen atoms in total. The Balaban J connectivity index is 1.49. The van der Waals surface area contributed by atoms with Gasteiger partial charge >= 0.3 is 0 Å². The number of nitrogens with zero attached hydrogens (tertiary/aromatic N) is 1. The number of amides is 2. The van der Waals surface area contributed by atoms with E-state index in [0.29, 0.717) is 36.0 Å². The van der Waals surface area contributed by atoms with Gasteiger partial charge < -0.3 is 5.11 Å². The highest BCUT2D eigenvalue weighted by atomic mass is 16.3. The van der Waals surface area contributed by atoms with E-state index < -0.39 is 29.1 Å². The number of benzene rings is 1. The highest BCUT2D eigenvalue weighted by molar-refractivity contribution is 6.13. The quantitative estimate of drug-likeness (QED) is 0.429. The van der Waals surface area contributed by atoms with Crippen molar-refractivity contribution < 1.29 is 24.3 Å². The second-order valence-electron chi connectivity index (χ2n) is 12.4. The molecule has 6 atom stereocenters. The van der Waals surface area contributed by atoms with Crippen LogP contribution >= 0.6 is 0 Å². The van der Waals surface area contributed by atoms with Crippen LogP contribution in [-0.4, -0.2) is 39.4 Å². The zero-order valence-electron chi connectivity index (χ0n) is 22.8. The van der Waals surface area contributed by atoms with Crippen LogP contribution in [0.2, 0.25) is 0 Å². The molecule has 1 saturated heterocycles. The maximum Gasteiger partial charge on any atom is 0.233 e. The smallest absolute Gasteiger partial charge is 0.233 e. The number of allylic oxidation sites excluding steroid dienone is 5. The number of Topliss-reactive ketones (excluding diaryl/α,β-unsaturated/α-hetero) is 1. The Morgan fingerprint density at radius 1 is 1.08 bits per heavy atom. The Bertz CT molecular complexity index is 1350. The molecule has 0 bridgehead atoms. The van der Waals surface area contributed by atoms with Gasteiger partial charge in [-0.3, -0.25) is 24.1 Å². The number of phenolic OH excluding ortho intramolecular Hbond substituents is 1. The minimum atomic E-state index is -1.09. The summed E-state index contributed by atoms with van der Waals surface area (Å²) in [6.45, 7) is 7.36. The zero-order valence-corrected chi connectivity index (χ0v) is 22.8. The van der Waals surface area contributed by atoms with Crippen LogP contribution in [0, 0.1) is 29.1 Å². The Kier molecular flexibility index (Phi) is 6.28. The van der Waals surface area contributed by atoms with Gasteiger partial charge in [0.25, 0.3) is 0 Å². The van der Waals surface area contributed by atoms with Gasteiger partial charge in [-0.05, 0) is 62.2 Å². The Labute approximate surface area is 229 Å². The molecule has 0 radical (unpaired) electrons. The third kappa shape index (κ3) is 3.66. The highest BCUT2D eigenvalue weighted by Crippen LogP contribution is 2.63. The number of aromatic hydroxyl groups is 1. The first-order valence-electron chi connectivity index (χ1n) is 14.5. The molecule has 6 rings (SSSR count). The minimum absolute atomic E-state index is 0.0412. The van der Waals surface area contributed by atoms with Crippen LogP contribution in [-0.2, 0) is 25.6 Å². The molecule has 4 aliphatic carbocycles. The fourth-order valence-electron chi connectivity index (χ4n) is 8.63. The van der Waals surface area contributed by atoms with Crippen molar-refractivity contribution in [2.45, 2.75) is 77.2 Å². The molecule has 2 saturated carbocycles. The molecule has 5 aliphatic rings. The molecule has 0 aromatic heterocycles. The Hall–Kier alpha value is -3.28. The fraction of sp³-hybridized carbons (Fsp3) is 0.515. The molecule has 1 heterocycles. The summed E-state index contributed by atoms with van der Waals surface area (Å²) >= 11 is 0. The lowest BCUT2D eigenvalue weighted by atomic mass is 9.47. The third-order valence-electron chi connectivity index (χ3n) is 10.4. The summed E-state index contributed by atoms with van der Waals surface area (Å²) in [6.07, 6.45) is 11.4. The molecule has 0 spiro atoms. The number of ketones is 2. The highest BCUT2D eigenvalue weighted by Gasteiger charge is 2.64. The number of phenols is 1. The Morgan fingerprint density at radius 2 is 1.82 bits per heavy atom. The molecule has 1 aliphatic heterocycles. The molecule has 6 heteroatoms. The molecular formula is C33H37NO5. The standard InChI is InChI=1S/C33H37NO5/c1-4-9-19-10-8-13-23(29(19)36)28-21-14-15-22-27(32(39)34(31(22)38)20-11-6-5-7-12-20)24(21)17-25-26(35)16-18(2)30(37)33(25,28)3/h4,8,10,13-14,16,20,22,24-25,27-28,36H,1,5-7,9,11-12,15,17H2,2-3H3/t22-,24+,25-,27-,28+,33+/m0/s1. The van der Waals surface area contributed by atoms with Crippen LogP contribution in [0.5, 0.6) is 5.75 Å². The van der Waals surface area contributed by atoms with Crippen LogP contribution in [0.3, 0.4) is 0 Å². The van der Waals surface area contributed by atoms with Crippen molar-refractivity contribution in [2.24, 2.45) is 29.1 Å². The van der Waals surface area contributed by atoms with Crippen molar-refractivity contribution in [3.63, 3.8) is 0 Å². The maximum atomic E-state index is 14.0. The lowest BCUT2D eigenvalue weighted by Crippen LogP contribution is -2.54. The van der Waals surface area contributed by atoms with Gasteiger partial charge in [0.15, 0.2) is 11.6 Å². The average Bonchev–Trinajstić information content (AvgIpc) is 3.18. The van der Waals surface area contributed by atoms with Gasteiger partial charge in [-0.1, -0.05) is 62.1 Å². The summed E-state index contributed by atoms with van der Waals surface area (Å²) in [5.74, 6) is -2.76. The van der Waals surface area contributed by atoms with E-state index in [0.717, 1.165) is 37.7 Å². The van der Waals surface area contributed by atoms with Gasteiger partial charge in [-0.15, -0.1) is 6.58 Å². The number of hydrogen-bond donors (Lipinski definition) is 1. The van der Waals surface area contributed by atoms with Gasteiger partial charge in [0.1, 0.15) is 5.75 Å². The van der Waals surface area contributed by atoms with Gasteiger partial charge in [-0.25, -0.2) is 0 Å². The monoisotopic (exact) mass is 527 g/mol. The van der Waals surface area contributed by atoms with Gasteiger partial charge in [-0.2, -0.15) is 0 Å². The zero-order chi connectivity index (χ0) is 27.6. The predicted octanol–water partition coefficient (Wildman–Crippen LogP) is 5.21. The SMILES string of the molecule is C=CCc1cccc([C@H]2C3=CC[C@@H]4C(=O)N(C5CCCCC5)C(=O)[C@@H]4[C@@H]3C[C@H]3C(=O)C=C(C)C(=O)[C@@]23C)c1O. The van der Waals surface area contributed by atoms with E-state index in [1.807, 2.05) is 25.1 Å². The molecule has 39 heavy (non-hydrogen) atoms.